The van der Waals surface area contributed by atoms with Crippen LogP contribution in [0.25, 0.3) is 10.8 Å². The zero-order valence-electron chi connectivity index (χ0n) is 13.7. The Morgan fingerprint density at radius 2 is 1.96 bits per heavy atom. The third kappa shape index (κ3) is 3.64. The van der Waals surface area contributed by atoms with Gasteiger partial charge in [0.25, 0.3) is 5.91 Å². The maximum atomic E-state index is 12.4. The van der Waals surface area contributed by atoms with Crippen LogP contribution in [0.3, 0.4) is 0 Å². The minimum Gasteiger partial charge on any atom is -0.450 e. The summed E-state index contributed by atoms with van der Waals surface area (Å²) in [7, 11) is 0. The van der Waals surface area contributed by atoms with E-state index < -0.39 is 0 Å². The number of hydrogen-bond acceptors (Lipinski definition) is 4. The molecule has 0 saturated carbocycles. The summed E-state index contributed by atoms with van der Waals surface area (Å²) in [5.74, 6) is -0.171. The number of carbonyl (C=O) groups excluding carboxylic acids is 2. The van der Waals surface area contributed by atoms with Gasteiger partial charge in [-0.25, -0.2) is 4.79 Å². The van der Waals surface area contributed by atoms with Crippen LogP contribution in [0.1, 0.15) is 30.3 Å². The van der Waals surface area contributed by atoms with E-state index in [9.17, 15) is 9.59 Å². The van der Waals surface area contributed by atoms with Crippen molar-refractivity contribution in [2.24, 2.45) is 0 Å². The monoisotopic (exact) mass is 327 g/mol. The van der Waals surface area contributed by atoms with Crippen molar-refractivity contribution in [3.63, 3.8) is 0 Å². The molecule has 6 nitrogen and oxygen atoms in total. The van der Waals surface area contributed by atoms with E-state index in [1.54, 1.807) is 24.1 Å². The molecule has 1 aromatic carbocycles. The second-order valence-corrected chi connectivity index (χ2v) is 5.85. The number of aromatic nitrogens is 1. The molecule has 1 N–H and O–H groups in total. The Kier molecular flexibility index (Phi) is 4.93. The number of pyridine rings is 1. The number of hydrogen-bond donors (Lipinski definition) is 1. The van der Waals surface area contributed by atoms with Gasteiger partial charge in [0, 0.05) is 30.7 Å². The van der Waals surface area contributed by atoms with Gasteiger partial charge < -0.3 is 15.0 Å². The van der Waals surface area contributed by atoms with Crippen LogP contribution in [0.5, 0.6) is 0 Å². The molecule has 24 heavy (non-hydrogen) atoms. The number of ether oxygens (including phenoxy) is 1. The number of amides is 2. The molecular formula is C18H21N3O3. The van der Waals surface area contributed by atoms with Crippen molar-refractivity contribution >= 4 is 22.8 Å². The Morgan fingerprint density at radius 1 is 1.25 bits per heavy atom. The molecule has 3 rings (SSSR count). The molecule has 2 aromatic rings. The lowest BCUT2D eigenvalue weighted by Crippen LogP contribution is -2.46. The van der Waals surface area contributed by atoms with Crippen molar-refractivity contribution in [1.29, 1.82) is 0 Å². The van der Waals surface area contributed by atoms with E-state index in [0.717, 1.165) is 23.6 Å². The minimum atomic E-state index is -0.279. The molecule has 1 aliphatic rings. The Hall–Kier alpha value is -2.63. The van der Waals surface area contributed by atoms with Crippen LogP contribution < -0.4 is 5.32 Å². The quantitative estimate of drug-likeness (QED) is 0.940. The highest BCUT2D eigenvalue weighted by Gasteiger charge is 2.25. The first-order valence-corrected chi connectivity index (χ1v) is 8.24. The van der Waals surface area contributed by atoms with E-state index in [1.165, 1.54) is 0 Å². The van der Waals surface area contributed by atoms with Crippen LogP contribution in [-0.4, -0.2) is 47.6 Å². The van der Waals surface area contributed by atoms with Gasteiger partial charge in [0.15, 0.2) is 0 Å². The molecule has 2 heterocycles. The summed E-state index contributed by atoms with van der Waals surface area (Å²) in [5, 5.41) is 5.02. The fourth-order valence-electron chi connectivity index (χ4n) is 2.89. The molecule has 0 radical (unpaired) electrons. The standard InChI is InChI=1S/C18H21N3O3/c1-2-24-18(23)21-9-7-15(8-10-21)20-17(22)16-11-13-5-3-4-6-14(13)12-19-16/h3-6,11-12,15H,2,7-10H2,1H3,(H,20,22). The summed E-state index contributed by atoms with van der Waals surface area (Å²) in [6.07, 6.45) is 2.88. The molecule has 6 heteroatoms. The summed E-state index contributed by atoms with van der Waals surface area (Å²) in [6.45, 7) is 3.36. The Morgan fingerprint density at radius 3 is 2.67 bits per heavy atom. The lowest BCUT2D eigenvalue weighted by Gasteiger charge is -2.31. The molecule has 1 saturated heterocycles. The first-order valence-electron chi connectivity index (χ1n) is 8.24. The van der Waals surface area contributed by atoms with Crippen molar-refractivity contribution in [3.8, 4) is 0 Å². The molecule has 0 spiro atoms. The van der Waals surface area contributed by atoms with Crippen molar-refractivity contribution in [2.45, 2.75) is 25.8 Å². The molecule has 0 aliphatic carbocycles. The number of nitrogens with zero attached hydrogens (tertiary/aromatic N) is 2. The Labute approximate surface area is 140 Å². The Bertz CT molecular complexity index is 739. The highest BCUT2D eigenvalue weighted by molar-refractivity contribution is 5.96. The lowest BCUT2D eigenvalue weighted by atomic mass is 10.0. The number of likely N-dealkylation sites (tertiary alicyclic amines) is 1. The number of piperidine rings is 1. The number of rotatable bonds is 3. The summed E-state index contributed by atoms with van der Waals surface area (Å²) < 4.78 is 5.00. The summed E-state index contributed by atoms with van der Waals surface area (Å²) >= 11 is 0. The van der Waals surface area contributed by atoms with Crippen LogP contribution in [0, 0.1) is 0 Å². The van der Waals surface area contributed by atoms with Crippen LogP contribution >= 0.6 is 0 Å². The van der Waals surface area contributed by atoms with E-state index in [4.69, 9.17) is 4.74 Å². The van der Waals surface area contributed by atoms with Gasteiger partial charge in [-0.1, -0.05) is 24.3 Å². The number of benzene rings is 1. The maximum Gasteiger partial charge on any atom is 0.409 e. The first-order chi connectivity index (χ1) is 11.7. The zero-order valence-corrected chi connectivity index (χ0v) is 13.7. The summed E-state index contributed by atoms with van der Waals surface area (Å²) in [4.78, 5) is 30.0. The van der Waals surface area contributed by atoms with Gasteiger partial charge in [-0.15, -0.1) is 0 Å². The lowest BCUT2D eigenvalue weighted by molar-refractivity contribution is 0.0857. The van der Waals surface area contributed by atoms with Gasteiger partial charge in [0.05, 0.1) is 6.61 Å². The fourth-order valence-corrected chi connectivity index (χ4v) is 2.89. The number of fused-ring (bicyclic) bond motifs is 1. The number of nitrogens with one attached hydrogen (secondary N) is 1. The molecule has 0 bridgehead atoms. The van der Waals surface area contributed by atoms with E-state index in [-0.39, 0.29) is 18.0 Å². The van der Waals surface area contributed by atoms with Crippen LogP contribution in [0.15, 0.2) is 36.5 Å². The first kappa shape index (κ1) is 16.2. The largest absolute Gasteiger partial charge is 0.450 e. The molecule has 1 fully saturated rings. The molecule has 0 unspecified atom stereocenters. The van der Waals surface area contributed by atoms with Gasteiger partial charge in [-0.05, 0) is 31.2 Å². The van der Waals surface area contributed by atoms with Crippen molar-refractivity contribution in [2.75, 3.05) is 19.7 Å². The van der Waals surface area contributed by atoms with Crippen molar-refractivity contribution in [3.05, 3.63) is 42.2 Å². The SMILES string of the molecule is CCOC(=O)N1CCC(NC(=O)c2cc3ccccc3cn2)CC1. The normalized spacial score (nSPS) is 15.3. The summed E-state index contributed by atoms with van der Waals surface area (Å²) in [5.41, 5.74) is 0.418. The van der Waals surface area contributed by atoms with Crippen molar-refractivity contribution < 1.29 is 14.3 Å². The van der Waals surface area contributed by atoms with Crippen LogP contribution in [0.2, 0.25) is 0 Å². The Balaban J connectivity index is 1.58. The second-order valence-electron chi connectivity index (χ2n) is 5.85. The van der Waals surface area contributed by atoms with Gasteiger partial charge in [-0.3, -0.25) is 9.78 Å². The van der Waals surface area contributed by atoms with E-state index >= 15 is 0 Å². The average molecular weight is 327 g/mol. The van der Waals surface area contributed by atoms with Crippen molar-refractivity contribution in [1.82, 2.24) is 15.2 Å². The van der Waals surface area contributed by atoms with Gasteiger partial charge in [0.1, 0.15) is 5.69 Å². The van der Waals surface area contributed by atoms with E-state index in [1.807, 2.05) is 24.3 Å². The zero-order chi connectivity index (χ0) is 16.9. The van der Waals surface area contributed by atoms with Gasteiger partial charge in [0.2, 0.25) is 0 Å². The van der Waals surface area contributed by atoms with Gasteiger partial charge >= 0.3 is 6.09 Å². The summed E-state index contributed by atoms with van der Waals surface area (Å²) in [6, 6.07) is 9.67. The number of carbonyl (C=O) groups is 2. The third-order valence-electron chi connectivity index (χ3n) is 4.22. The van der Waals surface area contributed by atoms with Gasteiger partial charge in [-0.2, -0.15) is 0 Å². The second kappa shape index (κ2) is 7.29. The average Bonchev–Trinajstić information content (AvgIpc) is 2.62. The molecule has 1 aromatic heterocycles. The predicted octanol–water partition coefficient (Wildman–Crippen LogP) is 2.59. The highest BCUT2D eigenvalue weighted by Crippen LogP contribution is 2.15. The predicted molar refractivity (Wildman–Crippen MR) is 90.8 cm³/mol. The third-order valence-corrected chi connectivity index (χ3v) is 4.22. The van der Waals surface area contributed by atoms with Crippen LogP contribution in [-0.2, 0) is 4.74 Å². The maximum absolute atomic E-state index is 12.4. The molecule has 2 amide bonds. The smallest absolute Gasteiger partial charge is 0.409 e. The fraction of sp³-hybridized carbons (Fsp3) is 0.389. The molecule has 126 valence electrons. The molecular weight excluding hydrogens is 306 g/mol. The molecule has 1 aliphatic heterocycles. The topological polar surface area (TPSA) is 71.5 Å². The van der Waals surface area contributed by atoms with E-state index in [2.05, 4.69) is 10.3 Å². The highest BCUT2D eigenvalue weighted by atomic mass is 16.6. The minimum absolute atomic E-state index is 0.0523. The van der Waals surface area contributed by atoms with E-state index in [0.29, 0.717) is 25.4 Å². The molecule has 0 atom stereocenters. The van der Waals surface area contributed by atoms with Crippen LogP contribution in [0.4, 0.5) is 4.79 Å².